The van der Waals surface area contributed by atoms with Crippen LogP contribution < -0.4 is 0 Å². The van der Waals surface area contributed by atoms with Gasteiger partial charge in [-0.05, 0) is 97.2 Å². The fourth-order valence-corrected chi connectivity index (χ4v) is 8.52. The SMILES string of the molecule is C[C@@H]1CC[C@]2(C)C3C[C@H](O)[C@@]4(C)C(CC[C@@H]4[C@H](C)CO)C3CC[C@@H]2C1. The minimum absolute atomic E-state index is 0.0362. The van der Waals surface area contributed by atoms with Crippen LogP contribution in [0.3, 0.4) is 0 Å². The predicted octanol–water partition coefficient (Wildman–Crippen LogP) is 4.88. The van der Waals surface area contributed by atoms with Gasteiger partial charge in [-0.2, -0.15) is 0 Å². The maximum Gasteiger partial charge on any atom is 0.0602 e. The van der Waals surface area contributed by atoms with Crippen molar-refractivity contribution in [2.45, 2.75) is 85.2 Å². The Hall–Kier alpha value is -0.0800. The molecule has 0 spiro atoms. The third kappa shape index (κ3) is 2.49. The molecule has 0 bridgehead atoms. The van der Waals surface area contributed by atoms with Crippen LogP contribution in [0.2, 0.25) is 0 Å². The number of aliphatic hydroxyl groups is 2. The first kappa shape index (κ1) is 18.3. The molecule has 4 saturated carbocycles. The van der Waals surface area contributed by atoms with Crippen LogP contribution in [0.15, 0.2) is 0 Å². The van der Waals surface area contributed by atoms with Gasteiger partial charge in [0.2, 0.25) is 0 Å². The van der Waals surface area contributed by atoms with Gasteiger partial charge in [-0.25, -0.2) is 0 Å². The van der Waals surface area contributed by atoms with Crippen LogP contribution in [0.4, 0.5) is 0 Å². The Morgan fingerprint density at radius 3 is 2.48 bits per heavy atom. The normalized spacial score (nSPS) is 56.6. The van der Waals surface area contributed by atoms with Gasteiger partial charge in [0.05, 0.1) is 6.10 Å². The first-order valence-corrected chi connectivity index (χ1v) is 11.1. The highest BCUT2D eigenvalue weighted by Crippen LogP contribution is 2.68. The van der Waals surface area contributed by atoms with Crippen LogP contribution in [0.1, 0.15) is 79.1 Å². The third-order valence-electron chi connectivity index (χ3n) is 10.1. The van der Waals surface area contributed by atoms with Gasteiger partial charge in [0, 0.05) is 6.61 Å². The smallest absolute Gasteiger partial charge is 0.0602 e. The van der Waals surface area contributed by atoms with Crippen molar-refractivity contribution in [3.05, 3.63) is 0 Å². The molecular weight excluding hydrogens is 308 g/mol. The van der Waals surface area contributed by atoms with Crippen molar-refractivity contribution >= 4 is 0 Å². The van der Waals surface area contributed by atoms with Gasteiger partial charge in [0.1, 0.15) is 0 Å². The van der Waals surface area contributed by atoms with Gasteiger partial charge in [0.25, 0.3) is 0 Å². The molecule has 0 amide bonds. The van der Waals surface area contributed by atoms with Crippen LogP contribution in [0, 0.1) is 52.3 Å². The summed E-state index contributed by atoms with van der Waals surface area (Å²) < 4.78 is 0. The van der Waals surface area contributed by atoms with Gasteiger partial charge in [0.15, 0.2) is 0 Å². The van der Waals surface area contributed by atoms with Gasteiger partial charge in [-0.15, -0.1) is 0 Å². The van der Waals surface area contributed by atoms with Crippen LogP contribution in [0.25, 0.3) is 0 Å². The van der Waals surface area contributed by atoms with Crippen LogP contribution in [-0.4, -0.2) is 22.9 Å². The Morgan fingerprint density at radius 2 is 1.76 bits per heavy atom. The molecule has 10 atom stereocenters. The maximum absolute atomic E-state index is 11.4. The Morgan fingerprint density at radius 1 is 1.00 bits per heavy atom. The Bertz CT molecular complexity index is 504. The van der Waals surface area contributed by atoms with E-state index in [2.05, 4.69) is 27.7 Å². The van der Waals surface area contributed by atoms with Crippen molar-refractivity contribution in [3.8, 4) is 0 Å². The van der Waals surface area contributed by atoms with E-state index in [-0.39, 0.29) is 18.1 Å². The molecule has 0 aromatic carbocycles. The van der Waals surface area contributed by atoms with Gasteiger partial charge < -0.3 is 10.2 Å². The number of hydrogen-bond donors (Lipinski definition) is 2. The average Bonchev–Trinajstić information content (AvgIpc) is 2.95. The molecule has 2 nitrogen and oxygen atoms in total. The summed E-state index contributed by atoms with van der Waals surface area (Å²) in [6.07, 6.45) is 10.3. The molecule has 144 valence electrons. The lowest BCUT2D eigenvalue weighted by molar-refractivity contribution is -0.171. The lowest BCUT2D eigenvalue weighted by Gasteiger charge is -2.62. The van der Waals surface area contributed by atoms with Gasteiger partial charge in [-0.1, -0.05) is 34.1 Å². The monoisotopic (exact) mass is 348 g/mol. The lowest BCUT2D eigenvalue weighted by Crippen LogP contribution is -2.58. The zero-order valence-corrected chi connectivity index (χ0v) is 16.9. The van der Waals surface area contributed by atoms with Crippen molar-refractivity contribution in [2.24, 2.45) is 52.3 Å². The molecule has 0 saturated heterocycles. The van der Waals surface area contributed by atoms with E-state index < -0.39 is 0 Å². The Labute approximate surface area is 154 Å². The first-order valence-electron chi connectivity index (χ1n) is 11.1. The fourth-order valence-electron chi connectivity index (χ4n) is 8.52. The van der Waals surface area contributed by atoms with Crippen LogP contribution in [0.5, 0.6) is 0 Å². The van der Waals surface area contributed by atoms with Gasteiger partial charge >= 0.3 is 0 Å². The lowest BCUT2D eigenvalue weighted by atomic mass is 9.43. The average molecular weight is 349 g/mol. The standard InChI is InChI=1S/C23H40O2/c1-14-9-10-22(3)16(11-14)5-6-17-19-8-7-18(15(2)13-24)23(19,4)21(25)12-20(17)22/h14-21,24-25H,5-13H2,1-4H3/t14-,15-,16-,17?,18-,19?,20?,21+,22+,23-/m1/s1. The molecule has 0 aliphatic heterocycles. The van der Waals surface area contributed by atoms with E-state index in [0.717, 1.165) is 30.1 Å². The molecule has 4 rings (SSSR count). The minimum Gasteiger partial charge on any atom is -0.396 e. The Kier molecular flexibility index (Phi) is 4.56. The molecule has 0 aromatic rings. The highest BCUT2D eigenvalue weighted by Gasteiger charge is 2.63. The first-order chi connectivity index (χ1) is 11.8. The van der Waals surface area contributed by atoms with E-state index in [0.29, 0.717) is 23.2 Å². The topological polar surface area (TPSA) is 40.5 Å². The zero-order chi connectivity index (χ0) is 18.0. The van der Waals surface area contributed by atoms with E-state index in [1.807, 2.05) is 0 Å². The molecule has 2 heteroatoms. The van der Waals surface area contributed by atoms with E-state index in [9.17, 15) is 10.2 Å². The van der Waals surface area contributed by atoms with E-state index >= 15 is 0 Å². The van der Waals surface area contributed by atoms with Crippen molar-refractivity contribution in [2.75, 3.05) is 6.61 Å². The molecule has 0 aromatic heterocycles. The molecule has 2 N–H and O–H groups in total. The largest absolute Gasteiger partial charge is 0.396 e. The maximum atomic E-state index is 11.4. The van der Waals surface area contributed by atoms with E-state index in [1.165, 1.54) is 44.9 Å². The fraction of sp³-hybridized carbons (Fsp3) is 1.00. The van der Waals surface area contributed by atoms with E-state index in [4.69, 9.17) is 0 Å². The number of hydrogen-bond acceptors (Lipinski definition) is 2. The van der Waals surface area contributed by atoms with E-state index in [1.54, 1.807) is 0 Å². The molecule has 3 unspecified atom stereocenters. The number of fused-ring (bicyclic) bond motifs is 5. The molecule has 4 aliphatic carbocycles. The molecule has 4 aliphatic rings. The summed E-state index contributed by atoms with van der Waals surface area (Å²) in [6.45, 7) is 9.86. The van der Waals surface area contributed by atoms with Crippen LogP contribution in [-0.2, 0) is 0 Å². The summed E-state index contributed by atoms with van der Waals surface area (Å²) in [6, 6.07) is 0. The minimum atomic E-state index is -0.171. The number of aliphatic hydroxyl groups excluding tert-OH is 2. The van der Waals surface area contributed by atoms with Crippen molar-refractivity contribution in [1.82, 2.24) is 0 Å². The second-order valence-electron chi connectivity index (χ2n) is 11.0. The third-order valence-corrected chi connectivity index (χ3v) is 10.1. The molecular formula is C23H40O2. The summed E-state index contributed by atoms with van der Waals surface area (Å²) in [5, 5.41) is 21.1. The van der Waals surface area contributed by atoms with Crippen molar-refractivity contribution < 1.29 is 10.2 Å². The van der Waals surface area contributed by atoms with Crippen LogP contribution >= 0.6 is 0 Å². The highest BCUT2D eigenvalue weighted by atomic mass is 16.3. The predicted molar refractivity (Wildman–Crippen MR) is 102 cm³/mol. The molecule has 0 heterocycles. The second-order valence-corrected chi connectivity index (χ2v) is 11.0. The summed E-state index contributed by atoms with van der Waals surface area (Å²) in [7, 11) is 0. The summed E-state index contributed by atoms with van der Waals surface area (Å²) >= 11 is 0. The summed E-state index contributed by atoms with van der Waals surface area (Å²) in [5.74, 6) is 4.84. The van der Waals surface area contributed by atoms with Crippen molar-refractivity contribution in [1.29, 1.82) is 0 Å². The quantitative estimate of drug-likeness (QED) is 0.746. The molecule has 4 fully saturated rings. The highest BCUT2D eigenvalue weighted by molar-refractivity contribution is 5.12. The Balaban J connectivity index is 1.64. The second kappa shape index (κ2) is 6.23. The zero-order valence-electron chi connectivity index (χ0n) is 16.9. The molecule has 25 heavy (non-hydrogen) atoms. The number of rotatable bonds is 2. The summed E-state index contributed by atoms with van der Waals surface area (Å²) in [5.41, 5.74) is 0.507. The summed E-state index contributed by atoms with van der Waals surface area (Å²) in [4.78, 5) is 0. The van der Waals surface area contributed by atoms with Crippen molar-refractivity contribution in [3.63, 3.8) is 0 Å². The molecule has 0 radical (unpaired) electrons. The van der Waals surface area contributed by atoms with Gasteiger partial charge in [-0.3, -0.25) is 0 Å².